The molecule has 0 atom stereocenters. The van der Waals surface area contributed by atoms with Crippen LogP contribution < -0.4 is 5.56 Å². The van der Waals surface area contributed by atoms with Gasteiger partial charge in [-0.25, -0.2) is 9.59 Å². The van der Waals surface area contributed by atoms with Gasteiger partial charge in [0, 0.05) is 18.1 Å². The quantitative estimate of drug-likeness (QED) is 0.304. The number of carbonyl (C=O) groups excluding carboxylic acids is 2. The van der Waals surface area contributed by atoms with Crippen molar-refractivity contribution < 1.29 is 19.1 Å². The number of ether oxygens (including phenoxy) is 2. The van der Waals surface area contributed by atoms with Crippen LogP contribution in [0.15, 0.2) is 65.7 Å². The van der Waals surface area contributed by atoms with Crippen LogP contribution in [-0.4, -0.2) is 40.0 Å². The number of nitrogens with zero attached hydrogens (tertiary/aromatic N) is 3. The molecule has 8 heteroatoms. The minimum Gasteiger partial charge on any atom is -0.465 e. The molecule has 0 N–H and O–H groups in total. The summed E-state index contributed by atoms with van der Waals surface area (Å²) in [6.07, 6.45) is 4.94. The van der Waals surface area contributed by atoms with Gasteiger partial charge in [0.25, 0.3) is 5.56 Å². The van der Waals surface area contributed by atoms with Gasteiger partial charge in [0.15, 0.2) is 0 Å². The molecule has 0 radical (unpaired) electrons. The van der Waals surface area contributed by atoms with Crippen molar-refractivity contribution in [1.29, 1.82) is 0 Å². The predicted octanol–water partition coefficient (Wildman–Crippen LogP) is 4.18. The van der Waals surface area contributed by atoms with E-state index >= 15 is 0 Å². The first-order valence-electron chi connectivity index (χ1n) is 11.0. The van der Waals surface area contributed by atoms with Crippen molar-refractivity contribution in [2.75, 3.05) is 13.7 Å². The summed E-state index contributed by atoms with van der Waals surface area (Å²) >= 11 is 0. The van der Waals surface area contributed by atoms with Gasteiger partial charge in [0.05, 0.1) is 30.5 Å². The summed E-state index contributed by atoms with van der Waals surface area (Å²) in [5.74, 6) is -0.999. The molecule has 2 aliphatic heterocycles. The van der Waals surface area contributed by atoms with Crippen molar-refractivity contribution >= 4 is 11.9 Å². The van der Waals surface area contributed by atoms with E-state index in [9.17, 15) is 14.4 Å². The number of carbonyl (C=O) groups is 2. The number of esters is 2. The molecule has 8 nitrogen and oxygen atoms in total. The van der Waals surface area contributed by atoms with Crippen LogP contribution in [-0.2, 0) is 9.47 Å². The molecule has 0 spiro atoms. The molecule has 2 aliphatic rings. The average molecular weight is 460 g/mol. The number of unbranched alkanes of at least 4 members (excludes halogenated alkanes) is 1. The number of fused-ring (bicyclic) bond motifs is 1. The third-order valence-electron chi connectivity index (χ3n) is 5.45. The maximum absolute atomic E-state index is 13.2. The predicted molar refractivity (Wildman–Crippen MR) is 127 cm³/mol. The van der Waals surface area contributed by atoms with Gasteiger partial charge < -0.3 is 14.0 Å². The lowest BCUT2D eigenvalue weighted by Gasteiger charge is -2.12. The smallest absolute Gasteiger partial charge is 0.341 e. The number of rotatable bonds is 7. The zero-order valence-corrected chi connectivity index (χ0v) is 19.3. The Morgan fingerprint density at radius 1 is 1.00 bits per heavy atom. The molecule has 0 bridgehead atoms. The Labute approximate surface area is 196 Å². The van der Waals surface area contributed by atoms with E-state index in [1.807, 2.05) is 32.0 Å². The molecule has 0 amide bonds. The Morgan fingerprint density at radius 3 is 2.44 bits per heavy atom. The van der Waals surface area contributed by atoms with Gasteiger partial charge >= 0.3 is 11.9 Å². The number of aromatic nitrogens is 3. The van der Waals surface area contributed by atoms with Crippen LogP contribution in [0.5, 0.6) is 0 Å². The van der Waals surface area contributed by atoms with Gasteiger partial charge in [0.2, 0.25) is 0 Å². The van der Waals surface area contributed by atoms with Gasteiger partial charge in [-0.05, 0) is 55.3 Å². The van der Waals surface area contributed by atoms with Crippen LogP contribution in [0.1, 0.15) is 46.0 Å². The topological polar surface area (TPSA) is 92.4 Å². The summed E-state index contributed by atoms with van der Waals surface area (Å²) in [6, 6.07) is 14.1. The molecule has 0 saturated heterocycles. The Morgan fingerprint density at radius 2 is 1.76 bits per heavy atom. The second-order valence-corrected chi connectivity index (χ2v) is 7.93. The third-order valence-corrected chi connectivity index (χ3v) is 5.45. The second kappa shape index (κ2) is 9.74. The Kier molecular flexibility index (Phi) is 6.58. The first-order valence-corrected chi connectivity index (χ1v) is 11.0. The SMILES string of the molecule is CCCCOC(=O)c1ccc(-n2cc(C(=O)OC)c3nn(-c4cccc(C)c4)c(=O)c-3c2)cc1. The van der Waals surface area contributed by atoms with E-state index < -0.39 is 11.9 Å². The number of hydrogen-bond acceptors (Lipinski definition) is 6. The fourth-order valence-electron chi connectivity index (χ4n) is 3.61. The van der Waals surface area contributed by atoms with Gasteiger partial charge in [-0.15, -0.1) is 0 Å². The van der Waals surface area contributed by atoms with Crippen molar-refractivity contribution in [3.63, 3.8) is 0 Å². The summed E-state index contributed by atoms with van der Waals surface area (Å²) < 4.78 is 13.1. The van der Waals surface area contributed by atoms with Crippen LogP contribution in [0, 0.1) is 6.92 Å². The lowest BCUT2D eigenvalue weighted by Crippen LogP contribution is -2.15. The first kappa shape index (κ1) is 23.0. The van der Waals surface area contributed by atoms with Crippen LogP contribution in [0.2, 0.25) is 0 Å². The van der Waals surface area contributed by atoms with Crippen molar-refractivity contribution in [3.8, 4) is 22.6 Å². The summed E-state index contributed by atoms with van der Waals surface area (Å²) in [6.45, 7) is 4.33. The molecular weight excluding hydrogens is 434 g/mol. The van der Waals surface area contributed by atoms with Gasteiger partial charge in [0.1, 0.15) is 11.3 Å². The average Bonchev–Trinajstić information content (AvgIpc) is 3.19. The number of benzene rings is 2. The zero-order chi connectivity index (χ0) is 24.2. The van der Waals surface area contributed by atoms with Crippen LogP contribution in [0.25, 0.3) is 22.6 Å². The Bertz CT molecular complexity index is 1370. The minimum absolute atomic E-state index is 0.159. The lowest BCUT2D eigenvalue weighted by atomic mass is 10.1. The third kappa shape index (κ3) is 4.47. The fourth-order valence-corrected chi connectivity index (χ4v) is 3.61. The normalized spacial score (nSPS) is 10.9. The summed E-state index contributed by atoms with van der Waals surface area (Å²) in [5, 5.41) is 4.43. The maximum atomic E-state index is 13.2. The summed E-state index contributed by atoms with van der Waals surface area (Å²) in [7, 11) is 1.28. The fraction of sp³-hybridized carbons (Fsp3) is 0.231. The van der Waals surface area contributed by atoms with Crippen molar-refractivity contribution in [1.82, 2.24) is 14.3 Å². The molecule has 0 unspecified atom stereocenters. The van der Waals surface area contributed by atoms with E-state index in [0.29, 0.717) is 23.5 Å². The molecule has 2 aromatic carbocycles. The van der Waals surface area contributed by atoms with E-state index in [0.717, 1.165) is 18.4 Å². The highest BCUT2D eigenvalue weighted by Crippen LogP contribution is 2.25. The standard InChI is InChI=1S/C26H25N3O5/c1-4-5-13-34-25(31)18-9-11-19(12-10-18)28-15-21-23(22(16-28)26(32)33-3)27-29(24(21)30)20-8-6-7-17(2)14-20/h6-12,14-16H,4-5,13H2,1-3H3. The van der Waals surface area contributed by atoms with E-state index in [2.05, 4.69) is 5.10 Å². The Hall–Kier alpha value is -4.20. The monoisotopic (exact) mass is 459 g/mol. The van der Waals surface area contributed by atoms with Crippen molar-refractivity contribution in [3.05, 3.63) is 88.0 Å². The number of hydrogen-bond donors (Lipinski definition) is 0. The van der Waals surface area contributed by atoms with Crippen molar-refractivity contribution in [2.45, 2.75) is 26.7 Å². The first-order chi connectivity index (χ1) is 16.4. The minimum atomic E-state index is -0.607. The largest absolute Gasteiger partial charge is 0.465 e. The van der Waals surface area contributed by atoms with E-state index in [1.54, 1.807) is 47.3 Å². The second-order valence-electron chi connectivity index (χ2n) is 7.93. The zero-order valence-electron chi connectivity index (χ0n) is 19.3. The maximum Gasteiger partial charge on any atom is 0.341 e. The molecule has 0 fully saturated rings. The highest BCUT2D eigenvalue weighted by molar-refractivity contribution is 5.96. The molecule has 0 saturated carbocycles. The molecule has 174 valence electrons. The lowest BCUT2D eigenvalue weighted by molar-refractivity contribution is 0.0499. The molecule has 0 aromatic heterocycles. The summed E-state index contributed by atoms with van der Waals surface area (Å²) in [4.78, 5) is 38.0. The molecule has 2 aromatic rings. The molecule has 34 heavy (non-hydrogen) atoms. The highest BCUT2D eigenvalue weighted by atomic mass is 16.5. The highest BCUT2D eigenvalue weighted by Gasteiger charge is 2.25. The van der Waals surface area contributed by atoms with Crippen LogP contribution in [0.3, 0.4) is 0 Å². The van der Waals surface area contributed by atoms with Gasteiger partial charge in [-0.3, -0.25) is 4.79 Å². The number of aryl methyl sites for hydroxylation is 1. The van der Waals surface area contributed by atoms with Gasteiger partial charge in [-0.1, -0.05) is 25.5 Å². The van der Waals surface area contributed by atoms with E-state index in [1.165, 1.54) is 11.8 Å². The van der Waals surface area contributed by atoms with Crippen molar-refractivity contribution in [2.24, 2.45) is 0 Å². The molecule has 0 aliphatic carbocycles. The van der Waals surface area contributed by atoms with E-state index in [-0.39, 0.29) is 22.4 Å². The number of pyridine rings is 1. The van der Waals surface area contributed by atoms with Gasteiger partial charge in [-0.2, -0.15) is 9.78 Å². The van der Waals surface area contributed by atoms with Crippen LogP contribution >= 0.6 is 0 Å². The Balaban J connectivity index is 1.77. The van der Waals surface area contributed by atoms with Crippen LogP contribution in [0.4, 0.5) is 0 Å². The molecular formula is C26H25N3O5. The molecule has 2 heterocycles. The molecule has 4 rings (SSSR count). The summed E-state index contributed by atoms with van der Waals surface area (Å²) in [5.41, 5.74) is 3.00. The number of methoxy groups -OCH3 is 1. The van der Waals surface area contributed by atoms with E-state index in [4.69, 9.17) is 9.47 Å².